The Morgan fingerprint density at radius 3 is 2.84 bits per heavy atom. The fourth-order valence-electron chi connectivity index (χ4n) is 4.75. The number of hydrogen-bond acceptors (Lipinski definition) is 7. The minimum absolute atomic E-state index is 0.0139. The molecule has 2 aromatic rings. The lowest BCUT2D eigenvalue weighted by molar-refractivity contribution is -0.135. The highest BCUT2D eigenvalue weighted by atomic mass is 32.1. The van der Waals surface area contributed by atoms with Gasteiger partial charge in [0.15, 0.2) is 0 Å². The lowest BCUT2D eigenvalue weighted by Crippen LogP contribution is -2.50. The van der Waals surface area contributed by atoms with Crippen molar-refractivity contribution in [3.05, 3.63) is 32.8 Å². The van der Waals surface area contributed by atoms with Crippen LogP contribution < -0.4 is 0 Å². The van der Waals surface area contributed by atoms with Crippen molar-refractivity contribution >= 4 is 11.3 Å². The van der Waals surface area contributed by atoms with Crippen molar-refractivity contribution in [2.24, 2.45) is 0 Å². The number of fused-ring (bicyclic) bond motifs is 2. The Kier molecular flexibility index (Phi) is 6.16. The van der Waals surface area contributed by atoms with Crippen molar-refractivity contribution in [1.29, 1.82) is 0 Å². The van der Waals surface area contributed by atoms with Crippen LogP contribution >= 0.6 is 11.3 Å². The Balaban J connectivity index is 1.54. The number of piperidine rings is 1. The van der Waals surface area contributed by atoms with E-state index >= 15 is 0 Å². The Morgan fingerprint density at radius 1 is 1.42 bits per heavy atom. The monoisotopic (exact) mass is 460 g/mol. The van der Waals surface area contributed by atoms with Crippen molar-refractivity contribution < 1.29 is 28.1 Å². The SMILES string of the molecule is CC(O)Cn1cc(CN2CC[C@]3(C[C@@H]2C)OCCc2c3sc(C(F)(F)F)c2CO)nn1. The number of aliphatic hydroxyl groups excluding tert-OH is 2. The van der Waals surface area contributed by atoms with E-state index in [1.54, 1.807) is 17.8 Å². The van der Waals surface area contributed by atoms with Crippen LogP contribution in [0.1, 0.15) is 53.3 Å². The van der Waals surface area contributed by atoms with E-state index in [1.807, 2.05) is 6.92 Å². The summed E-state index contributed by atoms with van der Waals surface area (Å²) in [5, 5.41) is 27.3. The molecule has 2 aromatic heterocycles. The molecule has 31 heavy (non-hydrogen) atoms. The van der Waals surface area contributed by atoms with Gasteiger partial charge in [0.2, 0.25) is 0 Å². The molecule has 172 valence electrons. The molecule has 0 aliphatic carbocycles. The van der Waals surface area contributed by atoms with Gasteiger partial charge in [-0.3, -0.25) is 4.90 Å². The maximum Gasteiger partial charge on any atom is 0.425 e. The lowest BCUT2D eigenvalue weighted by atomic mass is 9.81. The summed E-state index contributed by atoms with van der Waals surface area (Å²) >= 11 is 0.737. The van der Waals surface area contributed by atoms with Gasteiger partial charge in [-0.1, -0.05) is 5.21 Å². The summed E-state index contributed by atoms with van der Waals surface area (Å²) in [6, 6.07) is 0.0654. The van der Waals surface area contributed by atoms with Gasteiger partial charge in [-0.2, -0.15) is 13.2 Å². The van der Waals surface area contributed by atoms with E-state index in [2.05, 4.69) is 15.2 Å². The topological polar surface area (TPSA) is 83.6 Å². The van der Waals surface area contributed by atoms with Crippen molar-refractivity contribution in [3.8, 4) is 0 Å². The Morgan fingerprint density at radius 2 is 2.19 bits per heavy atom. The smallest absolute Gasteiger partial charge is 0.392 e. The Labute approximate surface area is 182 Å². The van der Waals surface area contributed by atoms with E-state index in [9.17, 15) is 23.4 Å². The highest BCUT2D eigenvalue weighted by molar-refractivity contribution is 7.12. The summed E-state index contributed by atoms with van der Waals surface area (Å²) in [7, 11) is 0. The molecule has 0 amide bonds. The van der Waals surface area contributed by atoms with Crippen LogP contribution in [-0.4, -0.2) is 55.4 Å². The number of alkyl halides is 3. The van der Waals surface area contributed by atoms with Crippen LogP contribution in [0.2, 0.25) is 0 Å². The zero-order valence-electron chi connectivity index (χ0n) is 17.5. The molecule has 2 aliphatic heterocycles. The molecule has 11 heteroatoms. The first-order chi connectivity index (χ1) is 14.6. The van der Waals surface area contributed by atoms with E-state index in [4.69, 9.17) is 4.74 Å². The number of likely N-dealkylation sites (tertiary alicyclic amines) is 1. The second-order valence-corrected chi connectivity index (χ2v) is 9.54. The van der Waals surface area contributed by atoms with Crippen LogP contribution in [0.25, 0.3) is 0 Å². The number of thiophene rings is 1. The molecular weight excluding hydrogens is 433 g/mol. The van der Waals surface area contributed by atoms with E-state index < -0.39 is 29.4 Å². The van der Waals surface area contributed by atoms with E-state index in [1.165, 1.54) is 0 Å². The standard InChI is InChI=1S/C20H27F3N4O3S/c1-12-7-19(4-5-26(12)9-14-10-27(25-24-14)8-13(2)29)17-15(3-6-30-19)16(11-28)18(31-17)20(21,22)23/h10,12-13,28-29H,3-9,11H2,1-2H3/t12-,13?,19+/m0/s1. The van der Waals surface area contributed by atoms with E-state index in [-0.39, 0.29) is 11.6 Å². The van der Waals surface area contributed by atoms with Gasteiger partial charge < -0.3 is 14.9 Å². The van der Waals surface area contributed by atoms with Gasteiger partial charge in [-0.15, -0.1) is 16.4 Å². The predicted octanol–water partition coefficient (Wildman–Crippen LogP) is 2.68. The maximum atomic E-state index is 13.6. The number of aliphatic hydroxyl groups is 2. The molecule has 0 saturated carbocycles. The van der Waals surface area contributed by atoms with Crippen LogP contribution in [0.4, 0.5) is 13.2 Å². The van der Waals surface area contributed by atoms with Crippen molar-refractivity contribution in [1.82, 2.24) is 19.9 Å². The number of nitrogens with zero attached hydrogens (tertiary/aromatic N) is 4. The summed E-state index contributed by atoms with van der Waals surface area (Å²) < 4.78 is 48.4. The average Bonchev–Trinajstić information content (AvgIpc) is 3.28. The molecule has 1 saturated heterocycles. The third-order valence-electron chi connectivity index (χ3n) is 6.13. The van der Waals surface area contributed by atoms with E-state index in [0.717, 1.165) is 17.0 Å². The first-order valence-electron chi connectivity index (χ1n) is 10.4. The number of hydrogen-bond donors (Lipinski definition) is 2. The lowest BCUT2D eigenvalue weighted by Gasteiger charge is -2.47. The first-order valence-corrected chi connectivity index (χ1v) is 11.2. The molecular formula is C20H27F3N4O3S. The minimum atomic E-state index is -4.48. The van der Waals surface area contributed by atoms with E-state index in [0.29, 0.717) is 55.9 Å². The first kappa shape index (κ1) is 22.7. The number of halogens is 3. The fraction of sp³-hybridized carbons (Fsp3) is 0.700. The fourth-order valence-corrected chi connectivity index (χ4v) is 6.16. The molecule has 0 bridgehead atoms. The second-order valence-electron chi connectivity index (χ2n) is 8.52. The molecule has 3 atom stereocenters. The summed E-state index contributed by atoms with van der Waals surface area (Å²) in [6.07, 6.45) is -1.65. The second kappa shape index (κ2) is 8.43. The summed E-state index contributed by atoms with van der Waals surface area (Å²) in [5.41, 5.74) is 0.672. The summed E-state index contributed by atoms with van der Waals surface area (Å²) in [4.78, 5) is 2.16. The third-order valence-corrected chi connectivity index (χ3v) is 7.63. The molecule has 1 unspecified atom stereocenters. The van der Waals surface area contributed by atoms with Crippen LogP contribution in [0.15, 0.2) is 6.20 Å². The molecule has 0 radical (unpaired) electrons. The third kappa shape index (κ3) is 4.38. The van der Waals surface area contributed by atoms with Crippen molar-refractivity contribution in [3.63, 3.8) is 0 Å². The van der Waals surface area contributed by atoms with Crippen molar-refractivity contribution in [2.45, 2.75) is 76.7 Å². The zero-order valence-corrected chi connectivity index (χ0v) is 18.3. The van der Waals surface area contributed by atoms with Gasteiger partial charge in [0.25, 0.3) is 0 Å². The normalized spacial score (nSPS) is 25.7. The summed E-state index contributed by atoms with van der Waals surface area (Å²) in [5.74, 6) is 0. The van der Waals surface area contributed by atoms with Crippen LogP contribution in [0, 0.1) is 0 Å². The Hall–Kier alpha value is -1.53. The van der Waals surface area contributed by atoms with Gasteiger partial charge >= 0.3 is 6.18 Å². The molecule has 1 fully saturated rings. The largest absolute Gasteiger partial charge is 0.425 e. The highest BCUT2D eigenvalue weighted by Gasteiger charge is 2.48. The highest BCUT2D eigenvalue weighted by Crippen LogP contribution is 2.51. The molecule has 1 spiro atoms. The number of ether oxygens (including phenoxy) is 1. The predicted molar refractivity (Wildman–Crippen MR) is 107 cm³/mol. The molecule has 0 aromatic carbocycles. The van der Waals surface area contributed by atoms with Gasteiger partial charge in [-0.05, 0) is 38.7 Å². The van der Waals surface area contributed by atoms with Gasteiger partial charge in [0.1, 0.15) is 10.5 Å². The van der Waals surface area contributed by atoms with Gasteiger partial charge in [0, 0.05) is 35.8 Å². The van der Waals surface area contributed by atoms with Gasteiger partial charge in [-0.25, -0.2) is 4.68 Å². The van der Waals surface area contributed by atoms with Gasteiger partial charge in [0.05, 0.1) is 31.6 Å². The maximum absolute atomic E-state index is 13.6. The molecule has 2 aliphatic rings. The minimum Gasteiger partial charge on any atom is -0.392 e. The molecule has 4 heterocycles. The average molecular weight is 461 g/mol. The number of rotatable bonds is 5. The van der Waals surface area contributed by atoms with Crippen LogP contribution in [0.3, 0.4) is 0 Å². The zero-order chi connectivity index (χ0) is 22.4. The molecule has 4 rings (SSSR count). The molecule has 7 nitrogen and oxygen atoms in total. The Bertz CT molecular complexity index is 929. The quantitative estimate of drug-likeness (QED) is 0.714. The summed E-state index contributed by atoms with van der Waals surface area (Å²) in [6.45, 7) is 5.07. The van der Waals surface area contributed by atoms with Crippen LogP contribution in [0.5, 0.6) is 0 Å². The van der Waals surface area contributed by atoms with Crippen LogP contribution in [-0.2, 0) is 42.6 Å². The number of aromatic nitrogens is 3. The molecule has 2 N–H and O–H groups in total. The van der Waals surface area contributed by atoms with Crippen molar-refractivity contribution in [2.75, 3.05) is 13.2 Å².